The van der Waals surface area contributed by atoms with E-state index in [1.165, 1.54) is 12.8 Å². The predicted molar refractivity (Wildman–Crippen MR) is 78.9 cm³/mol. The smallest absolute Gasteiger partial charge is 0.387 e. The molecule has 1 aliphatic rings. The average Bonchev–Trinajstić information content (AvgIpc) is 2.42. The van der Waals surface area contributed by atoms with Crippen molar-refractivity contribution < 1.29 is 13.5 Å². The van der Waals surface area contributed by atoms with Gasteiger partial charge >= 0.3 is 6.61 Å². The highest BCUT2D eigenvalue weighted by Gasteiger charge is 2.20. The molecule has 116 valence electrons. The second-order valence-corrected chi connectivity index (χ2v) is 5.25. The van der Waals surface area contributed by atoms with Crippen molar-refractivity contribution in [3.8, 4) is 5.75 Å². The third kappa shape index (κ3) is 4.51. The van der Waals surface area contributed by atoms with Crippen LogP contribution in [-0.2, 0) is 0 Å². The van der Waals surface area contributed by atoms with Gasteiger partial charge in [-0.1, -0.05) is 42.7 Å². The van der Waals surface area contributed by atoms with Crippen molar-refractivity contribution in [1.29, 1.82) is 0 Å². The standard InChI is InChI=1S/C16H22F2N2O/c17-16(18)21-14-11-7-6-10-13(14)15(20-19)12-8-4-2-1-3-5-9-12/h6-8,10-11,15-16,20H,1-5,9,19H2/b12-8+. The molecule has 0 amide bonds. The first-order chi connectivity index (χ1) is 10.2. The summed E-state index contributed by atoms with van der Waals surface area (Å²) in [6, 6.07) is 6.54. The summed E-state index contributed by atoms with van der Waals surface area (Å²) in [5, 5.41) is 0. The Labute approximate surface area is 124 Å². The van der Waals surface area contributed by atoms with Gasteiger partial charge in [-0.15, -0.1) is 0 Å². The molecular weight excluding hydrogens is 274 g/mol. The summed E-state index contributed by atoms with van der Waals surface area (Å²) < 4.78 is 29.7. The van der Waals surface area contributed by atoms with Gasteiger partial charge in [0, 0.05) is 5.56 Å². The van der Waals surface area contributed by atoms with E-state index in [0.717, 1.165) is 31.3 Å². The van der Waals surface area contributed by atoms with Crippen molar-refractivity contribution in [1.82, 2.24) is 5.43 Å². The van der Waals surface area contributed by atoms with E-state index in [4.69, 9.17) is 5.84 Å². The van der Waals surface area contributed by atoms with Gasteiger partial charge in [-0.2, -0.15) is 8.78 Å². The first-order valence-electron chi connectivity index (χ1n) is 7.41. The molecule has 1 aromatic rings. The first-order valence-corrected chi connectivity index (χ1v) is 7.41. The van der Waals surface area contributed by atoms with Crippen LogP contribution in [0.25, 0.3) is 0 Å². The maximum Gasteiger partial charge on any atom is 0.387 e. The monoisotopic (exact) mass is 296 g/mol. The van der Waals surface area contributed by atoms with Gasteiger partial charge in [0.1, 0.15) is 5.75 Å². The van der Waals surface area contributed by atoms with Crippen LogP contribution in [0.5, 0.6) is 5.75 Å². The van der Waals surface area contributed by atoms with Crippen LogP contribution >= 0.6 is 0 Å². The molecule has 21 heavy (non-hydrogen) atoms. The van der Waals surface area contributed by atoms with Crippen molar-refractivity contribution in [2.75, 3.05) is 0 Å². The molecule has 1 aromatic carbocycles. The van der Waals surface area contributed by atoms with E-state index >= 15 is 0 Å². The maximum absolute atomic E-state index is 12.5. The number of benzene rings is 1. The first kappa shape index (κ1) is 15.9. The van der Waals surface area contributed by atoms with E-state index in [0.29, 0.717) is 5.56 Å². The lowest BCUT2D eigenvalue weighted by molar-refractivity contribution is -0.0506. The van der Waals surface area contributed by atoms with Crippen LogP contribution in [-0.4, -0.2) is 6.61 Å². The van der Waals surface area contributed by atoms with Gasteiger partial charge in [-0.25, -0.2) is 5.43 Å². The largest absolute Gasteiger partial charge is 0.434 e. The molecule has 0 bridgehead atoms. The fourth-order valence-corrected chi connectivity index (χ4v) is 2.80. The second-order valence-electron chi connectivity index (χ2n) is 5.25. The maximum atomic E-state index is 12.5. The highest BCUT2D eigenvalue weighted by atomic mass is 19.3. The third-order valence-electron chi connectivity index (χ3n) is 3.81. The number of para-hydroxylation sites is 1. The average molecular weight is 296 g/mol. The summed E-state index contributed by atoms with van der Waals surface area (Å²) in [7, 11) is 0. The normalized spacial score (nSPS) is 20.3. The minimum Gasteiger partial charge on any atom is -0.434 e. The van der Waals surface area contributed by atoms with Gasteiger partial charge < -0.3 is 4.74 Å². The number of nitrogens with two attached hydrogens (primary N) is 1. The number of nitrogens with one attached hydrogen (secondary N) is 1. The molecule has 0 heterocycles. The quantitative estimate of drug-likeness (QED) is 0.489. The molecule has 0 fully saturated rings. The zero-order valence-electron chi connectivity index (χ0n) is 12.0. The van der Waals surface area contributed by atoms with E-state index in [2.05, 4.69) is 16.2 Å². The van der Waals surface area contributed by atoms with Crippen LogP contribution in [0.15, 0.2) is 35.9 Å². The molecule has 5 heteroatoms. The van der Waals surface area contributed by atoms with Gasteiger partial charge in [0.15, 0.2) is 0 Å². The second kappa shape index (κ2) is 8.10. The molecule has 0 saturated carbocycles. The van der Waals surface area contributed by atoms with Crippen molar-refractivity contribution in [3.63, 3.8) is 0 Å². The fourth-order valence-electron chi connectivity index (χ4n) is 2.80. The number of allylic oxidation sites excluding steroid dienone is 1. The van der Waals surface area contributed by atoms with Crippen LogP contribution in [0.3, 0.4) is 0 Å². The number of hydrogen-bond acceptors (Lipinski definition) is 3. The van der Waals surface area contributed by atoms with Crippen molar-refractivity contribution in [2.45, 2.75) is 51.2 Å². The van der Waals surface area contributed by atoms with Gasteiger partial charge in [-0.05, 0) is 31.7 Å². The molecule has 2 rings (SSSR count). The molecule has 0 aliphatic heterocycles. The van der Waals surface area contributed by atoms with Crippen LogP contribution in [0, 0.1) is 0 Å². The Morgan fingerprint density at radius 2 is 1.86 bits per heavy atom. The van der Waals surface area contributed by atoms with Crippen LogP contribution in [0.4, 0.5) is 8.78 Å². The lowest BCUT2D eigenvalue weighted by Gasteiger charge is -2.24. The molecule has 0 radical (unpaired) electrons. The Balaban J connectivity index is 2.27. The Bertz CT molecular complexity index is 477. The third-order valence-corrected chi connectivity index (χ3v) is 3.81. The number of hydrazine groups is 1. The predicted octanol–water partition coefficient (Wildman–Crippen LogP) is 4.07. The SMILES string of the molecule is NNC(/C1=C/CCCCCC1)c1ccccc1OC(F)F. The zero-order chi connectivity index (χ0) is 15.1. The number of rotatable bonds is 5. The molecular formula is C16H22F2N2O. The zero-order valence-corrected chi connectivity index (χ0v) is 12.0. The molecule has 0 aromatic heterocycles. The number of alkyl halides is 2. The lowest BCUT2D eigenvalue weighted by Crippen LogP contribution is -2.30. The molecule has 3 nitrogen and oxygen atoms in total. The minimum atomic E-state index is -2.84. The van der Waals surface area contributed by atoms with Crippen LogP contribution in [0.2, 0.25) is 0 Å². The minimum absolute atomic E-state index is 0.179. The molecule has 0 saturated heterocycles. The van der Waals surface area contributed by atoms with Gasteiger partial charge in [0.25, 0.3) is 0 Å². The summed E-state index contributed by atoms with van der Waals surface area (Å²) in [4.78, 5) is 0. The van der Waals surface area contributed by atoms with Gasteiger partial charge in [0.2, 0.25) is 0 Å². The number of halogens is 2. The molecule has 0 spiro atoms. The summed E-state index contributed by atoms with van der Waals surface area (Å²) in [5.74, 6) is 5.87. The Kier molecular flexibility index (Phi) is 6.14. The number of ether oxygens (including phenoxy) is 1. The lowest BCUT2D eigenvalue weighted by atomic mass is 9.91. The molecule has 1 atom stereocenters. The van der Waals surface area contributed by atoms with Crippen molar-refractivity contribution in [3.05, 3.63) is 41.5 Å². The fraction of sp³-hybridized carbons (Fsp3) is 0.500. The van der Waals surface area contributed by atoms with Gasteiger partial charge in [-0.3, -0.25) is 5.84 Å². The van der Waals surface area contributed by atoms with Crippen molar-refractivity contribution in [2.24, 2.45) is 5.84 Å². The summed E-state index contributed by atoms with van der Waals surface area (Å²) >= 11 is 0. The summed E-state index contributed by atoms with van der Waals surface area (Å²) in [6.07, 6.45) is 8.82. The van der Waals surface area contributed by atoms with E-state index < -0.39 is 6.61 Å². The Morgan fingerprint density at radius 1 is 1.10 bits per heavy atom. The molecule has 3 N–H and O–H groups in total. The van der Waals surface area contributed by atoms with E-state index in [1.807, 2.05) is 6.07 Å². The van der Waals surface area contributed by atoms with E-state index in [1.54, 1.807) is 18.2 Å². The summed E-state index contributed by atoms with van der Waals surface area (Å²) in [5.41, 5.74) is 4.57. The topological polar surface area (TPSA) is 47.3 Å². The highest BCUT2D eigenvalue weighted by Crippen LogP contribution is 2.34. The molecule has 1 unspecified atom stereocenters. The summed E-state index contributed by atoms with van der Waals surface area (Å²) in [6.45, 7) is -2.84. The molecule has 1 aliphatic carbocycles. The van der Waals surface area contributed by atoms with Gasteiger partial charge in [0.05, 0.1) is 6.04 Å². The Hall–Kier alpha value is -1.46. The Morgan fingerprint density at radius 3 is 2.62 bits per heavy atom. The van der Waals surface area contributed by atoms with Crippen LogP contribution < -0.4 is 16.0 Å². The van der Waals surface area contributed by atoms with Crippen molar-refractivity contribution >= 4 is 0 Å². The number of hydrogen-bond donors (Lipinski definition) is 2. The van der Waals surface area contributed by atoms with E-state index in [-0.39, 0.29) is 11.8 Å². The van der Waals surface area contributed by atoms with Crippen LogP contribution in [0.1, 0.15) is 50.1 Å². The highest BCUT2D eigenvalue weighted by molar-refractivity contribution is 5.40. The van der Waals surface area contributed by atoms with E-state index in [9.17, 15) is 8.78 Å².